The molecule has 0 aliphatic heterocycles. The summed E-state index contributed by atoms with van der Waals surface area (Å²) in [5.74, 6) is -1.09. The minimum absolute atomic E-state index is 0.343. The van der Waals surface area contributed by atoms with Crippen molar-refractivity contribution in [2.24, 2.45) is 13.0 Å². The van der Waals surface area contributed by atoms with Gasteiger partial charge in [-0.25, -0.2) is 0 Å². The third-order valence-electron chi connectivity index (χ3n) is 2.58. The minimum Gasteiger partial charge on any atom is -0.481 e. The van der Waals surface area contributed by atoms with Crippen LogP contribution in [0.4, 0.5) is 0 Å². The normalized spacial score (nSPS) is 12.7. The third-order valence-corrected chi connectivity index (χ3v) is 2.58. The Hall–Kier alpha value is -1.32. The summed E-state index contributed by atoms with van der Waals surface area (Å²) in [4.78, 5) is 10.8. The molecule has 0 saturated heterocycles. The molecule has 15 heavy (non-hydrogen) atoms. The van der Waals surface area contributed by atoms with Crippen molar-refractivity contribution in [3.63, 3.8) is 0 Å². The van der Waals surface area contributed by atoms with Crippen molar-refractivity contribution in [2.75, 3.05) is 0 Å². The van der Waals surface area contributed by atoms with Crippen LogP contribution in [0.15, 0.2) is 6.20 Å². The zero-order chi connectivity index (χ0) is 11.4. The number of carbonyl (C=O) groups is 1. The fraction of sp³-hybridized carbons (Fsp3) is 0.636. The van der Waals surface area contributed by atoms with E-state index in [9.17, 15) is 4.79 Å². The van der Waals surface area contributed by atoms with Crippen LogP contribution >= 0.6 is 0 Å². The summed E-state index contributed by atoms with van der Waals surface area (Å²) in [5, 5.41) is 13.0. The molecule has 1 aromatic heterocycles. The number of carboxylic acid groups (broad SMARTS) is 1. The van der Waals surface area contributed by atoms with Crippen LogP contribution < -0.4 is 0 Å². The van der Waals surface area contributed by atoms with Crippen molar-refractivity contribution in [1.29, 1.82) is 0 Å². The van der Waals surface area contributed by atoms with Gasteiger partial charge in [0.05, 0.1) is 12.1 Å². The maximum absolute atomic E-state index is 10.8. The Balaban J connectivity index is 2.80. The number of hydrogen-bond acceptors (Lipinski definition) is 2. The molecule has 0 bridgehead atoms. The molecule has 84 valence electrons. The molecule has 1 unspecified atom stereocenters. The van der Waals surface area contributed by atoms with E-state index < -0.39 is 5.97 Å². The summed E-state index contributed by atoms with van der Waals surface area (Å²) in [6, 6.07) is 0. The molecule has 0 radical (unpaired) electrons. The summed E-state index contributed by atoms with van der Waals surface area (Å²) in [7, 11) is 1.90. The molecule has 0 aliphatic rings. The van der Waals surface area contributed by atoms with Gasteiger partial charge in [0.25, 0.3) is 0 Å². The molecule has 0 saturated carbocycles. The van der Waals surface area contributed by atoms with Gasteiger partial charge in [0.15, 0.2) is 0 Å². The lowest BCUT2D eigenvalue weighted by Gasteiger charge is -2.07. The van der Waals surface area contributed by atoms with Gasteiger partial charge in [0, 0.05) is 12.7 Å². The smallest absolute Gasteiger partial charge is 0.306 e. The Labute approximate surface area is 89.9 Å². The highest BCUT2D eigenvalue weighted by molar-refractivity contribution is 5.69. The Morgan fingerprint density at radius 3 is 2.87 bits per heavy atom. The molecule has 4 heteroatoms. The molecular weight excluding hydrogens is 192 g/mol. The van der Waals surface area contributed by atoms with E-state index >= 15 is 0 Å². The van der Waals surface area contributed by atoms with Gasteiger partial charge < -0.3 is 5.11 Å². The molecule has 0 amide bonds. The fourth-order valence-electron chi connectivity index (χ4n) is 1.66. The van der Waals surface area contributed by atoms with E-state index in [0.29, 0.717) is 6.42 Å². The first-order chi connectivity index (χ1) is 7.06. The van der Waals surface area contributed by atoms with Crippen molar-refractivity contribution in [1.82, 2.24) is 9.78 Å². The maximum Gasteiger partial charge on any atom is 0.306 e. The molecule has 0 spiro atoms. The highest BCUT2D eigenvalue weighted by Gasteiger charge is 2.16. The van der Waals surface area contributed by atoms with Crippen LogP contribution in [-0.4, -0.2) is 20.9 Å². The van der Waals surface area contributed by atoms with E-state index in [1.165, 1.54) is 0 Å². The average molecular weight is 210 g/mol. The van der Waals surface area contributed by atoms with Crippen molar-refractivity contribution in [3.05, 3.63) is 17.5 Å². The van der Waals surface area contributed by atoms with Gasteiger partial charge in [-0.3, -0.25) is 9.48 Å². The molecule has 1 N–H and O–H groups in total. The lowest BCUT2D eigenvalue weighted by Crippen LogP contribution is -2.13. The largest absolute Gasteiger partial charge is 0.481 e. The number of rotatable bonds is 5. The number of nitrogens with zero attached hydrogens (tertiary/aromatic N) is 2. The number of aromatic nitrogens is 2. The van der Waals surface area contributed by atoms with Crippen LogP contribution in [0.25, 0.3) is 0 Å². The number of carboxylic acids is 1. The van der Waals surface area contributed by atoms with Crippen LogP contribution in [0.1, 0.15) is 31.5 Å². The zero-order valence-corrected chi connectivity index (χ0v) is 9.53. The van der Waals surface area contributed by atoms with Crippen LogP contribution in [-0.2, 0) is 24.7 Å². The van der Waals surface area contributed by atoms with Crippen LogP contribution in [0, 0.1) is 5.92 Å². The molecule has 0 fully saturated rings. The second-order valence-corrected chi connectivity index (χ2v) is 3.93. The first-order valence-electron chi connectivity index (χ1n) is 5.28. The van der Waals surface area contributed by atoms with Crippen molar-refractivity contribution in [2.45, 2.75) is 33.1 Å². The standard InChI is InChI=1S/C11H18N2O2/c1-4-5-10-9(7-12-13(10)3)6-8(2)11(14)15/h7-8H,4-6H2,1-3H3,(H,14,15). The van der Waals surface area contributed by atoms with Crippen molar-refractivity contribution < 1.29 is 9.90 Å². The van der Waals surface area contributed by atoms with Gasteiger partial charge in [-0.15, -0.1) is 0 Å². The number of aryl methyl sites for hydroxylation is 1. The number of aliphatic carboxylic acids is 1. The summed E-state index contributed by atoms with van der Waals surface area (Å²) in [5.41, 5.74) is 2.22. The summed E-state index contributed by atoms with van der Waals surface area (Å²) < 4.78 is 1.84. The Kier molecular flexibility index (Phi) is 3.88. The van der Waals surface area contributed by atoms with E-state index in [1.54, 1.807) is 13.1 Å². The summed E-state index contributed by atoms with van der Waals surface area (Å²) in [6.45, 7) is 3.84. The SMILES string of the molecule is CCCc1c(CC(C)C(=O)O)cnn1C. The molecule has 0 aromatic carbocycles. The quantitative estimate of drug-likeness (QED) is 0.803. The second kappa shape index (κ2) is 4.96. The van der Waals surface area contributed by atoms with Gasteiger partial charge in [-0.1, -0.05) is 20.3 Å². The van der Waals surface area contributed by atoms with Crippen LogP contribution in [0.2, 0.25) is 0 Å². The van der Waals surface area contributed by atoms with E-state index in [0.717, 1.165) is 24.1 Å². The Morgan fingerprint density at radius 1 is 1.67 bits per heavy atom. The monoisotopic (exact) mass is 210 g/mol. The van der Waals surface area contributed by atoms with E-state index in [2.05, 4.69) is 12.0 Å². The van der Waals surface area contributed by atoms with Crippen LogP contribution in [0.5, 0.6) is 0 Å². The molecule has 1 atom stereocenters. The first-order valence-corrected chi connectivity index (χ1v) is 5.28. The highest BCUT2D eigenvalue weighted by atomic mass is 16.4. The van der Waals surface area contributed by atoms with E-state index in [1.807, 2.05) is 11.7 Å². The molecular formula is C11H18N2O2. The molecule has 4 nitrogen and oxygen atoms in total. The zero-order valence-electron chi connectivity index (χ0n) is 9.53. The van der Waals surface area contributed by atoms with Crippen LogP contribution in [0.3, 0.4) is 0 Å². The molecule has 0 aliphatic carbocycles. The van der Waals surface area contributed by atoms with Crippen molar-refractivity contribution in [3.8, 4) is 0 Å². The predicted molar refractivity (Wildman–Crippen MR) is 57.7 cm³/mol. The van der Waals surface area contributed by atoms with Gasteiger partial charge in [0.2, 0.25) is 0 Å². The molecule has 1 aromatic rings. The first kappa shape index (κ1) is 11.8. The lowest BCUT2D eigenvalue weighted by molar-refractivity contribution is -0.141. The topological polar surface area (TPSA) is 55.1 Å². The third kappa shape index (κ3) is 2.81. The second-order valence-electron chi connectivity index (χ2n) is 3.93. The van der Waals surface area contributed by atoms with E-state index in [4.69, 9.17) is 5.11 Å². The summed E-state index contributed by atoms with van der Waals surface area (Å²) in [6.07, 6.45) is 4.36. The van der Waals surface area contributed by atoms with Gasteiger partial charge >= 0.3 is 5.97 Å². The minimum atomic E-state index is -0.749. The fourth-order valence-corrected chi connectivity index (χ4v) is 1.66. The molecule has 1 heterocycles. The number of hydrogen-bond donors (Lipinski definition) is 1. The Bertz CT molecular complexity index is 344. The predicted octanol–water partition coefficient (Wildman–Crippen LogP) is 1.64. The van der Waals surface area contributed by atoms with Crippen molar-refractivity contribution >= 4 is 5.97 Å². The van der Waals surface area contributed by atoms with E-state index in [-0.39, 0.29) is 5.92 Å². The van der Waals surface area contributed by atoms with Gasteiger partial charge in [-0.05, 0) is 18.4 Å². The van der Waals surface area contributed by atoms with Gasteiger partial charge in [0.1, 0.15) is 0 Å². The average Bonchev–Trinajstić information content (AvgIpc) is 2.50. The molecule has 1 rings (SSSR count). The Morgan fingerprint density at radius 2 is 2.33 bits per heavy atom. The summed E-state index contributed by atoms with van der Waals surface area (Å²) >= 11 is 0. The van der Waals surface area contributed by atoms with Gasteiger partial charge in [-0.2, -0.15) is 5.10 Å². The maximum atomic E-state index is 10.8. The highest BCUT2D eigenvalue weighted by Crippen LogP contribution is 2.15. The lowest BCUT2D eigenvalue weighted by atomic mass is 10.0.